The van der Waals surface area contributed by atoms with Gasteiger partial charge in [0.05, 0.1) is 12.5 Å². The van der Waals surface area contributed by atoms with E-state index in [0.29, 0.717) is 36.7 Å². The zero-order valence-corrected chi connectivity index (χ0v) is 16.8. The minimum Gasteiger partial charge on any atom is -0.330 e. The first kappa shape index (κ1) is 21.8. The van der Waals surface area contributed by atoms with E-state index in [2.05, 4.69) is 10.3 Å². The Kier molecular flexibility index (Phi) is 7.92. The summed E-state index contributed by atoms with van der Waals surface area (Å²) in [5, 5.41) is 12.9. The number of aromatic nitrogens is 1. The summed E-state index contributed by atoms with van der Waals surface area (Å²) in [4.78, 5) is 42.5. The van der Waals surface area contributed by atoms with Crippen LogP contribution in [0.2, 0.25) is 0 Å². The molecule has 8 nitrogen and oxygen atoms in total. The van der Waals surface area contributed by atoms with E-state index in [1.807, 2.05) is 26.8 Å². The fourth-order valence-electron chi connectivity index (χ4n) is 3.54. The van der Waals surface area contributed by atoms with Crippen molar-refractivity contribution in [3.63, 3.8) is 0 Å². The Morgan fingerprint density at radius 2 is 2.21 bits per heavy atom. The molecule has 2 N–H and O–H groups in total. The number of hydroxylamine groups is 2. The van der Waals surface area contributed by atoms with Gasteiger partial charge in [-0.05, 0) is 37.3 Å². The van der Waals surface area contributed by atoms with Crippen LogP contribution in [0.3, 0.4) is 0 Å². The van der Waals surface area contributed by atoms with Crippen molar-refractivity contribution in [1.29, 1.82) is 0 Å². The van der Waals surface area contributed by atoms with Crippen molar-refractivity contribution in [2.75, 3.05) is 18.4 Å². The standard InChI is InChI=1S/C20H30N4O4/c1-4-5-6-16(12-23(28)13-25)20(27)24-11-15(3)9-17(24)19(26)22-18-8-7-14(2)10-21-18/h7-8,10,13,15-17,28H,4-6,9,11-12H2,1-3H3,(H,21,22,26)/t15-,16+,17-/m0/s1. The Morgan fingerprint density at radius 1 is 1.46 bits per heavy atom. The van der Waals surface area contributed by atoms with Gasteiger partial charge in [0.25, 0.3) is 0 Å². The number of nitrogens with one attached hydrogen (secondary N) is 1. The molecule has 0 aromatic carbocycles. The van der Waals surface area contributed by atoms with Crippen LogP contribution in [0.15, 0.2) is 18.3 Å². The average molecular weight is 390 g/mol. The van der Waals surface area contributed by atoms with Crippen molar-refractivity contribution in [3.05, 3.63) is 23.9 Å². The quantitative estimate of drug-likeness (QED) is 0.382. The van der Waals surface area contributed by atoms with Crippen LogP contribution in [-0.4, -0.2) is 57.5 Å². The van der Waals surface area contributed by atoms with Gasteiger partial charge in [-0.3, -0.25) is 19.6 Å². The van der Waals surface area contributed by atoms with Crippen LogP contribution >= 0.6 is 0 Å². The maximum Gasteiger partial charge on any atom is 0.248 e. The lowest BCUT2D eigenvalue weighted by Gasteiger charge is -2.29. The lowest BCUT2D eigenvalue weighted by molar-refractivity contribution is -0.157. The normalized spacial score (nSPS) is 19.9. The summed E-state index contributed by atoms with van der Waals surface area (Å²) in [7, 11) is 0. The smallest absolute Gasteiger partial charge is 0.248 e. The lowest BCUT2D eigenvalue weighted by Crippen LogP contribution is -2.47. The molecular formula is C20H30N4O4. The van der Waals surface area contributed by atoms with Gasteiger partial charge in [0.2, 0.25) is 18.2 Å². The van der Waals surface area contributed by atoms with E-state index in [1.165, 1.54) is 0 Å². The van der Waals surface area contributed by atoms with Crippen LogP contribution in [-0.2, 0) is 14.4 Å². The zero-order chi connectivity index (χ0) is 20.7. The van der Waals surface area contributed by atoms with E-state index < -0.39 is 12.0 Å². The first-order chi connectivity index (χ1) is 13.3. The predicted molar refractivity (Wildman–Crippen MR) is 104 cm³/mol. The average Bonchev–Trinajstić information content (AvgIpc) is 3.08. The number of anilines is 1. The number of amides is 3. The number of unbranched alkanes of at least 4 members (excludes halogenated alkanes) is 1. The van der Waals surface area contributed by atoms with Crippen LogP contribution in [0.1, 0.15) is 45.1 Å². The Bertz CT molecular complexity index is 679. The van der Waals surface area contributed by atoms with Gasteiger partial charge in [-0.2, -0.15) is 0 Å². The minimum absolute atomic E-state index is 0.0684. The van der Waals surface area contributed by atoms with Crippen LogP contribution in [0, 0.1) is 18.8 Å². The monoisotopic (exact) mass is 390 g/mol. The summed E-state index contributed by atoms with van der Waals surface area (Å²) in [6.07, 6.45) is 4.80. The largest absolute Gasteiger partial charge is 0.330 e. The van der Waals surface area contributed by atoms with Gasteiger partial charge in [-0.1, -0.05) is 32.8 Å². The summed E-state index contributed by atoms with van der Waals surface area (Å²) in [5.41, 5.74) is 0.992. The van der Waals surface area contributed by atoms with Crippen molar-refractivity contribution in [1.82, 2.24) is 14.9 Å². The fourth-order valence-corrected chi connectivity index (χ4v) is 3.54. The number of carbonyl (C=O) groups is 3. The second-order valence-electron chi connectivity index (χ2n) is 7.62. The number of carbonyl (C=O) groups excluding carboxylic acids is 3. The predicted octanol–water partition coefficient (Wildman–Crippen LogP) is 2.22. The SMILES string of the molecule is CCCC[C@H](CN(O)C=O)C(=O)N1C[C@@H](C)C[C@H]1C(=O)Nc1ccc(C)cn1. The summed E-state index contributed by atoms with van der Waals surface area (Å²) < 4.78 is 0. The first-order valence-corrected chi connectivity index (χ1v) is 9.80. The zero-order valence-electron chi connectivity index (χ0n) is 16.8. The number of hydrogen-bond donors (Lipinski definition) is 2. The maximum absolute atomic E-state index is 13.1. The number of likely N-dealkylation sites (tertiary alicyclic amines) is 1. The van der Waals surface area contributed by atoms with Gasteiger partial charge in [0.1, 0.15) is 11.9 Å². The summed E-state index contributed by atoms with van der Waals surface area (Å²) in [6, 6.07) is 3.01. The highest BCUT2D eigenvalue weighted by Crippen LogP contribution is 2.27. The molecule has 154 valence electrons. The van der Waals surface area contributed by atoms with Crippen molar-refractivity contribution in [3.8, 4) is 0 Å². The molecule has 28 heavy (non-hydrogen) atoms. The Hall–Kier alpha value is -2.48. The molecule has 0 unspecified atom stereocenters. The molecule has 1 fully saturated rings. The van der Waals surface area contributed by atoms with Crippen molar-refractivity contribution < 1.29 is 19.6 Å². The van der Waals surface area contributed by atoms with E-state index in [0.717, 1.165) is 18.4 Å². The van der Waals surface area contributed by atoms with Crippen molar-refractivity contribution in [2.45, 2.75) is 52.5 Å². The highest BCUT2D eigenvalue weighted by atomic mass is 16.5. The molecular weight excluding hydrogens is 360 g/mol. The molecule has 1 aliphatic rings. The van der Waals surface area contributed by atoms with E-state index in [4.69, 9.17) is 0 Å². The molecule has 0 spiro atoms. The molecule has 0 bridgehead atoms. The van der Waals surface area contributed by atoms with E-state index >= 15 is 0 Å². The Labute approximate surface area is 165 Å². The summed E-state index contributed by atoms with van der Waals surface area (Å²) in [6.45, 7) is 6.34. The summed E-state index contributed by atoms with van der Waals surface area (Å²) in [5.74, 6) is -0.357. The highest BCUT2D eigenvalue weighted by molar-refractivity contribution is 5.97. The third-order valence-electron chi connectivity index (χ3n) is 5.04. The Balaban J connectivity index is 2.12. The molecule has 1 saturated heterocycles. The molecule has 1 aliphatic heterocycles. The summed E-state index contributed by atoms with van der Waals surface area (Å²) >= 11 is 0. The van der Waals surface area contributed by atoms with Gasteiger partial charge < -0.3 is 10.2 Å². The molecule has 0 saturated carbocycles. The molecule has 0 aliphatic carbocycles. The van der Waals surface area contributed by atoms with Crippen molar-refractivity contribution in [2.24, 2.45) is 11.8 Å². The number of rotatable bonds is 9. The lowest BCUT2D eigenvalue weighted by atomic mass is 9.99. The second-order valence-corrected chi connectivity index (χ2v) is 7.62. The molecule has 2 heterocycles. The van der Waals surface area contributed by atoms with Crippen LogP contribution < -0.4 is 5.32 Å². The number of hydrogen-bond acceptors (Lipinski definition) is 5. The van der Waals surface area contributed by atoms with E-state index in [9.17, 15) is 19.6 Å². The van der Waals surface area contributed by atoms with E-state index in [-0.39, 0.29) is 24.3 Å². The Morgan fingerprint density at radius 3 is 2.82 bits per heavy atom. The van der Waals surface area contributed by atoms with Gasteiger partial charge in [-0.25, -0.2) is 10.0 Å². The third-order valence-corrected chi connectivity index (χ3v) is 5.04. The second kappa shape index (κ2) is 10.2. The van der Waals surface area contributed by atoms with E-state index in [1.54, 1.807) is 17.2 Å². The first-order valence-electron chi connectivity index (χ1n) is 9.80. The molecule has 2 rings (SSSR count). The molecule has 3 amide bonds. The van der Waals surface area contributed by atoms with Gasteiger partial charge >= 0.3 is 0 Å². The topological polar surface area (TPSA) is 103 Å². The minimum atomic E-state index is -0.585. The van der Waals surface area contributed by atoms with Crippen LogP contribution in [0.25, 0.3) is 0 Å². The number of pyridine rings is 1. The number of aryl methyl sites for hydroxylation is 1. The van der Waals surface area contributed by atoms with Gasteiger partial charge in [0, 0.05) is 12.7 Å². The highest BCUT2D eigenvalue weighted by Gasteiger charge is 2.40. The molecule has 0 radical (unpaired) electrons. The van der Waals surface area contributed by atoms with Gasteiger partial charge in [-0.15, -0.1) is 0 Å². The number of nitrogens with zero attached hydrogens (tertiary/aromatic N) is 3. The molecule has 8 heteroatoms. The molecule has 1 aromatic heterocycles. The van der Waals surface area contributed by atoms with Crippen molar-refractivity contribution >= 4 is 24.0 Å². The maximum atomic E-state index is 13.1. The van der Waals surface area contributed by atoms with Crippen LogP contribution in [0.4, 0.5) is 5.82 Å². The van der Waals surface area contributed by atoms with Gasteiger partial charge in [0.15, 0.2) is 0 Å². The third kappa shape index (κ3) is 5.76. The fraction of sp³-hybridized carbons (Fsp3) is 0.600. The molecule has 1 aromatic rings. The van der Waals surface area contributed by atoms with Crippen LogP contribution in [0.5, 0.6) is 0 Å². The molecule has 3 atom stereocenters.